The van der Waals surface area contributed by atoms with Crippen LogP contribution in [0.15, 0.2) is 57.8 Å². The highest BCUT2D eigenvalue weighted by molar-refractivity contribution is 8.15. The summed E-state index contributed by atoms with van der Waals surface area (Å²) in [6.07, 6.45) is 2.17. The van der Waals surface area contributed by atoms with Crippen molar-refractivity contribution in [3.05, 3.63) is 59.7 Å². The lowest BCUT2D eigenvalue weighted by Crippen LogP contribution is -2.35. The van der Waals surface area contributed by atoms with E-state index in [0.29, 0.717) is 23.8 Å². The number of rotatable bonds is 4. The lowest BCUT2D eigenvalue weighted by atomic mass is 9.96. The number of carbonyl (C=O) groups is 1. The van der Waals surface area contributed by atoms with Gasteiger partial charge in [-0.25, -0.2) is 8.42 Å². The van der Waals surface area contributed by atoms with Crippen LogP contribution in [0.1, 0.15) is 28.8 Å². The summed E-state index contributed by atoms with van der Waals surface area (Å²) in [5.41, 5.74) is 2.83. The van der Waals surface area contributed by atoms with Crippen molar-refractivity contribution >= 4 is 38.5 Å². The zero-order chi connectivity index (χ0) is 19.4. The van der Waals surface area contributed by atoms with E-state index in [4.69, 9.17) is 0 Å². The summed E-state index contributed by atoms with van der Waals surface area (Å²) in [5.74, 6) is -0.0923. The zero-order valence-corrected chi connectivity index (χ0v) is 16.7. The van der Waals surface area contributed by atoms with Gasteiger partial charge in [-0.15, -0.1) is 4.40 Å². The van der Waals surface area contributed by atoms with E-state index in [0.717, 1.165) is 23.4 Å². The molecular weight excluding hydrogens is 394 g/mol. The summed E-state index contributed by atoms with van der Waals surface area (Å²) in [5, 5.41) is 3.55. The van der Waals surface area contributed by atoms with Crippen molar-refractivity contribution in [1.29, 1.82) is 0 Å². The molecule has 0 atom stereocenters. The van der Waals surface area contributed by atoms with E-state index in [1.54, 1.807) is 6.07 Å². The second-order valence-corrected chi connectivity index (χ2v) is 10.2. The molecule has 1 saturated carbocycles. The van der Waals surface area contributed by atoms with Gasteiger partial charge >= 0.3 is 0 Å². The first-order valence-electron chi connectivity index (χ1n) is 9.22. The lowest BCUT2D eigenvalue weighted by Gasteiger charge is -2.22. The third kappa shape index (κ3) is 3.10. The summed E-state index contributed by atoms with van der Waals surface area (Å²) < 4.78 is 27.3. The van der Waals surface area contributed by atoms with Gasteiger partial charge < -0.3 is 10.2 Å². The topological polar surface area (TPSA) is 78.8 Å². The SMILES string of the molecule is O=C(NCC1(c2ccccc2)CC1)c1ccc2c(c1)SC1=NS(=O)(=O)CCN12. The number of hydrogen-bond donors (Lipinski definition) is 1. The number of amides is 1. The number of anilines is 1. The van der Waals surface area contributed by atoms with E-state index >= 15 is 0 Å². The van der Waals surface area contributed by atoms with Crippen molar-refractivity contribution in [2.45, 2.75) is 23.2 Å². The molecule has 1 N–H and O–H groups in total. The van der Waals surface area contributed by atoms with Gasteiger partial charge in [0, 0.05) is 29.0 Å². The Balaban J connectivity index is 1.32. The minimum atomic E-state index is -3.38. The number of carbonyl (C=O) groups excluding carboxylic acids is 1. The van der Waals surface area contributed by atoms with Crippen LogP contribution in [0.3, 0.4) is 0 Å². The Hall–Kier alpha value is -2.32. The summed E-state index contributed by atoms with van der Waals surface area (Å²) in [4.78, 5) is 15.5. The predicted molar refractivity (Wildman–Crippen MR) is 111 cm³/mol. The number of benzene rings is 2. The van der Waals surface area contributed by atoms with E-state index in [2.05, 4.69) is 21.8 Å². The first kappa shape index (κ1) is 17.8. The maximum atomic E-state index is 12.7. The third-order valence-electron chi connectivity index (χ3n) is 5.56. The van der Waals surface area contributed by atoms with E-state index in [1.165, 1.54) is 17.3 Å². The minimum Gasteiger partial charge on any atom is -0.351 e. The molecule has 2 aliphatic heterocycles. The van der Waals surface area contributed by atoms with Gasteiger partial charge in [0.05, 0.1) is 11.4 Å². The highest BCUT2D eigenvalue weighted by Crippen LogP contribution is 2.47. The first-order valence-corrected chi connectivity index (χ1v) is 11.6. The maximum absolute atomic E-state index is 12.7. The molecule has 144 valence electrons. The summed E-state index contributed by atoms with van der Waals surface area (Å²) in [6, 6.07) is 15.8. The van der Waals surface area contributed by atoms with Crippen LogP contribution in [0, 0.1) is 0 Å². The molecule has 2 aromatic carbocycles. The molecule has 0 aromatic heterocycles. The van der Waals surface area contributed by atoms with Crippen LogP contribution in [-0.4, -0.2) is 38.3 Å². The van der Waals surface area contributed by atoms with Crippen molar-refractivity contribution in [3.63, 3.8) is 0 Å². The maximum Gasteiger partial charge on any atom is 0.257 e. The zero-order valence-electron chi connectivity index (χ0n) is 15.1. The highest BCUT2D eigenvalue weighted by Gasteiger charge is 2.44. The van der Waals surface area contributed by atoms with Crippen LogP contribution in [0.4, 0.5) is 5.69 Å². The Labute approximate surface area is 168 Å². The van der Waals surface area contributed by atoms with Crippen molar-refractivity contribution in [2.24, 2.45) is 4.40 Å². The molecule has 0 saturated heterocycles. The molecule has 3 aliphatic rings. The van der Waals surface area contributed by atoms with Gasteiger partial charge in [0.25, 0.3) is 15.9 Å². The Morgan fingerprint density at radius 1 is 1.18 bits per heavy atom. The van der Waals surface area contributed by atoms with Gasteiger partial charge in [0.1, 0.15) is 0 Å². The fourth-order valence-corrected chi connectivity index (χ4v) is 6.03. The van der Waals surface area contributed by atoms with E-state index in [1.807, 2.05) is 35.2 Å². The number of amidine groups is 1. The molecule has 1 fully saturated rings. The average Bonchev–Trinajstić information content (AvgIpc) is 3.40. The van der Waals surface area contributed by atoms with Crippen molar-refractivity contribution < 1.29 is 13.2 Å². The normalized spacial score (nSPS) is 20.7. The monoisotopic (exact) mass is 413 g/mol. The Morgan fingerprint density at radius 3 is 2.71 bits per heavy atom. The molecule has 1 amide bonds. The Morgan fingerprint density at radius 2 is 1.96 bits per heavy atom. The van der Waals surface area contributed by atoms with E-state index < -0.39 is 10.0 Å². The van der Waals surface area contributed by atoms with Gasteiger partial charge in [-0.1, -0.05) is 30.3 Å². The largest absolute Gasteiger partial charge is 0.351 e. The molecule has 28 heavy (non-hydrogen) atoms. The molecule has 6 nitrogen and oxygen atoms in total. The second kappa shape index (κ2) is 6.35. The summed E-state index contributed by atoms with van der Waals surface area (Å²) >= 11 is 1.30. The highest BCUT2D eigenvalue weighted by atomic mass is 32.2. The summed E-state index contributed by atoms with van der Waals surface area (Å²) in [7, 11) is -3.38. The Bertz CT molecular complexity index is 1090. The minimum absolute atomic E-state index is 0.0142. The fraction of sp³-hybridized carbons (Fsp3) is 0.300. The van der Waals surface area contributed by atoms with Crippen molar-refractivity contribution in [1.82, 2.24) is 5.32 Å². The molecule has 0 bridgehead atoms. The van der Waals surface area contributed by atoms with Crippen molar-refractivity contribution in [3.8, 4) is 0 Å². The molecule has 1 aliphatic carbocycles. The van der Waals surface area contributed by atoms with Crippen LogP contribution < -0.4 is 10.2 Å². The second-order valence-electron chi connectivity index (χ2n) is 7.43. The van der Waals surface area contributed by atoms with Crippen LogP contribution in [0.25, 0.3) is 0 Å². The van der Waals surface area contributed by atoms with Gasteiger partial charge in [-0.05, 0) is 48.4 Å². The Kier molecular flexibility index (Phi) is 4.03. The smallest absolute Gasteiger partial charge is 0.257 e. The number of thioether (sulfide) groups is 1. The van der Waals surface area contributed by atoms with Gasteiger partial charge in [-0.2, -0.15) is 0 Å². The number of nitrogens with zero attached hydrogens (tertiary/aromatic N) is 2. The number of sulfonamides is 1. The lowest BCUT2D eigenvalue weighted by molar-refractivity contribution is 0.0949. The number of nitrogens with one attached hydrogen (secondary N) is 1. The van der Waals surface area contributed by atoms with Crippen LogP contribution in [-0.2, 0) is 15.4 Å². The molecular formula is C20H19N3O3S2. The van der Waals surface area contributed by atoms with Crippen molar-refractivity contribution in [2.75, 3.05) is 23.7 Å². The molecule has 8 heteroatoms. The fourth-order valence-electron chi connectivity index (χ4n) is 3.73. The number of fused-ring (bicyclic) bond motifs is 3. The summed E-state index contributed by atoms with van der Waals surface area (Å²) in [6.45, 7) is 1.02. The van der Waals surface area contributed by atoms with Crippen LogP contribution in [0.2, 0.25) is 0 Å². The number of hydrogen-bond acceptors (Lipinski definition) is 5. The van der Waals surface area contributed by atoms with E-state index in [-0.39, 0.29) is 17.1 Å². The molecule has 2 aromatic rings. The standard InChI is InChI=1S/C20H19N3O3S2/c24-18(21-13-20(8-9-20)15-4-2-1-3-5-15)14-6-7-16-17(12-14)27-19-22-28(25,26)11-10-23(16)19/h1-7,12H,8-11,13H2,(H,21,24). The molecule has 0 unspecified atom stereocenters. The predicted octanol–water partition coefficient (Wildman–Crippen LogP) is 2.76. The van der Waals surface area contributed by atoms with Gasteiger partial charge in [-0.3, -0.25) is 4.79 Å². The van der Waals surface area contributed by atoms with Crippen LogP contribution in [0.5, 0.6) is 0 Å². The van der Waals surface area contributed by atoms with Gasteiger partial charge in [0.2, 0.25) is 0 Å². The third-order valence-corrected chi connectivity index (χ3v) is 7.87. The molecule has 0 spiro atoms. The molecule has 5 rings (SSSR count). The van der Waals surface area contributed by atoms with E-state index in [9.17, 15) is 13.2 Å². The van der Waals surface area contributed by atoms with Gasteiger partial charge in [0.15, 0.2) is 5.17 Å². The quantitative estimate of drug-likeness (QED) is 0.834. The first-order chi connectivity index (χ1) is 13.5. The average molecular weight is 414 g/mol. The molecule has 2 heterocycles. The van der Waals surface area contributed by atoms with Crippen LogP contribution >= 0.6 is 11.8 Å². The molecule has 0 radical (unpaired) electrons.